The van der Waals surface area contributed by atoms with Crippen LogP contribution in [0.4, 0.5) is 0 Å². The van der Waals surface area contributed by atoms with Crippen LogP contribution in [-0.2, 0) is 0 Å². The summed E-state index contributed by atoms with van der Waals surface area (Å²) in [5.74, 6) is 0.977. The van der Waals surface area contributed by atoms with E-state index in [4.69, 9.17) is 4.74 Å². The monoisotopic (exact) mass is 164 g/mol. The second kappa shape index (κ2) is 2.55. The maximum absolute atomic E-state index is 5.18. The molecule has 0 unspecified atom stereocenters. The van der Waals surface area contributed by atoms with E-state index in [-0.39, 0.29) is 0 Å². The van der Waals surface area contributed by atoms with E-state index in [1.54, 1.807) is 18.4 Å². The first-order chi connectivity index (χ1) is 5.42. The van der Waals surface area contributed by atoms with Crippen molar-refractivity contribution in [2.24, 2.45) is 0 Å². The summed E-state index contributed by atoms with van der Waals surface area (Å²) in [6, 6.07) is 8.24. The summed E-state index contributed by atoms with van der Waals surface area (Å²) < 4.78 is 6.46. The van der Waals surface area contributed by atoms with Crippen molar-refractivity contribution in [3.63, 3.8) is 0 Å². The molecule has 0 fully saturated rings. The van der Waals surface area contributed by atoms with Crippen LogP contribution in [0.2, 0.25) is 0 Å². The number of thiophene rings is 1. The van der Waals surface area contributed by atoms with Gasteiger partial charge in [0.15, 0.2) is 0 Å². The predicted molar refractivity (Wildman–Crippen MR) is 48.4 cm³/mol. The number of hydrogen-bond donors (Lipinski definition) is 0. The highest BCUT2D eigenvalue weighted by atomic mass is 32.1. The Bertz CT molecular complexity index is 364. The zero-order chi connectivity index (χ0) is 7.68. The van der Waals surface area contributed by atoms with Gasteiger partial charge in [-0.1, -0.05) is 12.1 Å². The SMILES string of the molecule is COc1csc2ccccc12. The zero-order valence-electron chi connectivity index (χ0n) is 6.20. The molecule has 1 aromatic carbocycles. The Labute approximate surface area is 69.2 Å². The highest BCUT2D eigenvalue weighted by Crippen LogP contribution is 2.31. The molecule has 1 aromatic heterocycles. The van der Waals surface area contributed by atoms with E-state index in [2.05, 4.69) is 12.1 Å². The maximum atomic E-state index is 5.18. The van der Waals surface area contributed by atoms with E-state index < -0.39 is 0 Å². The second-order valence-electron chi connectivity index (χ2n) is 2.30. The maximum Gasteiger partial charge on any atom is 0.137 e. The van der Waals surface area contributed by atoms with Crippen LogP contribution in [0.15, 0.2) is 29.6 Å². The fourth-order valence-corrected chi connectivity index (χ4v) is 2.02. The van der Waals surface area contributed by atoms with Gasteiger partial charge in [-0.05, 0) is 12.1 Å². The fourth-order valence-electron chi connectivity index (χ4n) is 1.11. The molecule has 1 nitrogen and oxygen atoms in total. The molecular weight excluding hydrogens is 156 g/mol. The molecule has 0 saturated carbocycles. The summed E-state index contributed by atoms with van der Waals surface area (Å²) in [6.45, 7) is 0. The van der Waals surface area contributed by atoms with Crippen LogP contribution in [0.1, 0.15) is 0 Å². The van der Waals surface area contributed by atoms with Crippen LogP contribution in [0.25, 0.3) is 10.1 Å². The summed E-state index contributed by atoms with van der Waals surface area (Å²) in [6.07, 6.45) is 0. The molecule has 2 heteroatoms. The Kier molecular flexibility index (Phi) is 1.55. The Morgan fingerprint density at radius 1 is 1.27 bits per heavy atom. The van der Waals surface area contributed by atoms with Gasteiger partial charge in [-0.3, -0.25) is 0 Å². The Balaban J connectivity index is 2.76. The van der Waals surface area contributed by atoms with Crippen molar-refractivity contribution in [2.45, 2.75) is 0 Å². The predicted octanol–water partition coefficient (Wildman–Crippen LogP) is 2.91. The van der Waals surface area contributed by atoms with Gasteiger partial charge in [0.1, 0.15) is 5.75 Å². The standard InChI is InChI=1S/C9H8OS/c1-10-8-6-11-9-5-3-2-4-7(8)9/h2-6H,1H3. The summed E-state index contributed by atoms with van der Waals surface area (Å²) >= 11 is 1.71. The van der Waals surface area contributed by atoms with Gasteiger partial charge in [-0.15, -0.1) is 11.3 Å². The molecular formula is C9H8OS. The Hall–Kier alpha value is -1.02. The lowest BCUT2D eigenvalue weighted by molar-refractivity contribution is 0.421. The molecule has 0 aliphatic heterocycles. The zero-order valence-corrected chi connectivity index (χ0v) is 7.02. The number of fused-ring (bicyclic) bond motifs is 1. The van der Waals surface area contributed by atoms with Gasteiger partial charge >= 0.3 is 0 Å². The van der Waals surface area contributed by atoms with Crippen molar-refractivity contribution >= 4 is 21.4 Å². The average Bonchev–Trinajstić information content (AvgIpc) is 2.47. The highest BCUT2D eigenvalue weighted by Gasteiger charge is 2.00. The molecule has 0 aliphatic rings. The molecule has 0 N–H and O–H groups in total. The number of hydrogen-bond acceptors (Lipinski definition) is 2. The van der Waals surface area contributed by atoms with Gasteiger partial charge in [0.25, 0.3) is 0 Å². The van der Waals surface area contributed by atoms with Gasteiger partial charge in [0.2, 0.25) is 0 Å². The highest BCUT2D eigenvalue weighted by molar-refractivity contribution is 7.17. The third-order valence-electron chi connectivity index (χ3n) is 1.67. The minimum atomic E-state index is 0.977. The van der Waals surface area contributed by atoms with Gasteiger partial charge in [-0.2, -0.15) is 0 Å². The van der Waals surface area contributed by atoms with E-state index in [1.807, 2.05) is 17.5 Å². The van der Waals surface area contributed by atoms with Crippen molar-refractivity contribution in [1.82, 2.24) is 0 Å². The third-order valence-corrected chi connectivity index (χ3v) is 2.61. The Morgan fingerprint density at radius 2 is 2.09 bits per heavy atom. The minimum absolute atomic E-state index is 0.977. The fraction of sp³-hybridized carbons (Fsp3) is 0.111. The van der Waals surface area contributed by atoms with Gasteiger partial charge in [0, 0.05) is 15.5 Å². The molecule has 0 radical (unpaired) electrons. The number of rotatable bonds is 1. The van der Waals surface area contributed by atoms with Crippen LogP contribution in [0, 0.1) is 0 Å². The molecule has 2 rings (SSSR count). The lowest BCUT2D eigenvalue weighted by Gasteiger charge is -1.94. The van der Waals surface area contributed by atoms with Crippen molar-refractivity contribution < 1.29 is 4.74 Å². The number of methoxy groups -OCH3 is 1. The van der Waals surface area contributed by atoms with Crippen molar-refractivity contribution in [1.29, 1.82) is 0 Å². The van der Waals surface area contributed by atoms with Gasteiger partial charge < -0.3 is 4.74 Å². The first-order valence-electron chi connectivity index (χ1n) is 3.42. The molecule has 0 aliphatic carbocycles. The molecule has 2 aromatic rings. The Morgan fingerprint density at radius 3 is 2.91 bits per heavy atom. The van der Waals surface area contributed by atoms with Gasteiger partial charge in [-0.25, -0.2) is 0 Å². The van der Waals surface area contributed by atoms with Gasteiger partial charge in [0.05, 0.1) is 7.11 Å². The second-order valence-corrected chi connectivity index (χ2v) is 3.21. The lowest BCUT2D eigenvalue weighted by Crippen LogP contribution is -1.77. The molecule has 1 heterocycles. The summed E-state index contributed by atoms with van der Waals surface area (Å²) in [5.41, 5.74) is 0. The van der Waals surface area contributed by atoms with E-state index in [1.165, 1.54) is 10.1 Å². The van der Waals surface area contributed by atoms with E-state index in [0.717, 1.165) is 5.75 Å². The van der Waals surface area contributed by atoms with E-state index in [9.17, 15) is 0 Å². The summed E-state index contributed by atoms with van der Waals surface area (Å²) in [4.78, 5) is 0. The van der Waals surface area contributed by atoms with Crippen LogP contribution >= 0.6 is 11.3 Å². The van der Waals surface area contributed by atoms with Crippen LogP contribution in [-0.4, -0.2) is 7.11 Å². The lowest BCUT2D eigenvalue weighted by atomic mass is 10.2. The summed E-state index contributed by atoms with van der Waals surface area (Å²) in [7, 11) is 1.70. The van der Waals surface area contributed by atoms with E-state index in [0.29, 0.717) is 0 Å². The first-order valence-corrected chi connectivity index (χ1v) is 4.30. The number of benzene rings is 1. The van der Waals surface area contributed by atoms with Crippen LogP contribution in [0.5, 0.6) is 5.75 Å². The van der Waals surface area contributed by atoms with Crippen LogP contribution in [0.3, 0.4) is 0 Å². The molecule has 0 saturated heterocycles. The van der Waals surface area contributed by atoms with Crippen molar-refractivity contribution in [3.8, 4) is 5.75 Å². The normalized spacial score (nSPS) is 10.3. The van der Waals surface area contributed by atoms with Crippen LogP contribution < -0.4 is 4.74 Å². The first kappa shape index (κ1) is 6.68. The number of ether oxygens (including phenoxy) is 1. The molecule has 56 valence electrons. The smallest absolute Gasteiger partial charge is 0.137 e. The average molecular weight is 164 g/mol. The topological polar surface area (TPSA) is 9.23 Å². The largest absolute Gasteiger partial charge is 0.495 e. The molecule has 0 atom stereocenters. The van der Waals surface area contributed by atoms with Crippen molar-refractivity contribution in [3.05, 3.63) is 29.6 Å². The molecule has 0 bridgehead atoms. The molecule has 11 heavy (non-hydrogen) atoms. The molecule has 0 spiro atoms. The summed E-state index contributed by atoms with van der Waals surface area (Å²) in [5, 5.41) is 3.24. The van der Waals surface area contributed by atoms with Crippen molar-refractivity contribution in [2.75, 3.05) is 7.11 Å². The third kappa shape index (κ3) is 0.994. The molecule has 0 amide bonds. The minimum Gasteiger partial charge on any atom is -0.495 e. The van der Waals surface area contributed by atoms with E-state index >= 15 is 0 Å². The quantitative estimate of drug-likeness (QED) is 0.629.